The molecule has 1 aliphatic rings. The molecule has 0 aliphatic heterocycles. The number of aryl methyl sites for hydroxylation is 2. The van der Waals surface area contributed by atoms with Crippen LogP contribution in [0.1, 0.15) is 58.3 Å². The second kappa shape index (κ2) is 8.43. The highest BCUT2D eigenvalue weighted by Crippen LogP contribution is 2.33. The third-order valence-corrected chi connectivity index (χ3v) is 5.51. The molecule has 2 heterocycles. The van der Waals surface area contributed by atoms with Gasteiger partial charge in [-0.15, -0.1) is 11.3 Å². The van der Waals surface area contributed by atoms with Crippen molar-refractivity contribution < 1.29 is 14.7 Å². The maximum absolute atomic E-state index is 12.9. The van der Waals surface area contributed by atoms with E-state index in [4.69, 9.17) is 0 Å². The minimum atomic E-state index is -0.203. The highest BCUT2D eigenvalue weighted by Gasteiger charge is 2.29. The Balaban J connectivity index is 1.83. The van der Waals surface area contributed by atoms with E-state index < -0.39 is 0 Å². The monoisotopic (exact) mass is 385 g/mol. The molecular weight excluding hydrogens is 362 g/mol. The molecule has 0 radical (unpaired) electrons. The van der Waals surface area contributed by atoms with Gasteiger partial charge in [-0.2, -0.15) is 0 Å². The number of allylic oxidation sites excluding steroid dienone is 1. The molecule has 2 aromatic heterocycles. The van der Waals surface area contributed by atoms with Crippen LogP contribution in [0, 0.1) is 0 Å². The number of Topliss-reactive ketones (excluding diaryl/α,β-unsaturated/α-hetero) is 1. The normalized spacial score (nSPS) is 15.4. The molecule has 0 fully saturated rings. The lowest BCUT2D eigenvalue weighted by Gasteiger charge is -2.14. The van der Waals surface area contributed by atoms with Crippen molar-refractivity contribution in [3.05, 3.63) is 50.7 Å². The van der Waals surface area contributed by atoms with E-state index in [9.17, 15) is 14.7 Å². The van der Waals surface area contributed by atoms with E-state index in [0.717, 1.165) is 24.2 Å². The molecule has 0 unspecified atom stereocenters. The van der Waals surface area contributed by atoms with Crippen LogP contribution in [0.2, 0.25) is 0 Å². The number of fused-ring (bicyclic) bond motifs is 1. The number of hydrogen-bond donors (Lipinski definition) is 2. The molecule has 0 aromatic carbocycles. The van der Waals surface area contributed by atoms with Gasteiger partial charge in [0, 0.05) is 29.6 Å². The van der Waals surface area contributed by atoms with Crippen LogP contribution in [-0.2, 0) is 24.1 Å². The van der Waals surface area contributed by atoms with Crippen molar-refractivity contribution in [1.29, 1.82) is 0 Å². The number of amides is 1. The Morgan fingerprint density at radius 2 is 2.11 bits per heavy atom. The van der Waals surface area contributed by atoms with E-state index in [1.165, 1.54) is 11.3 Å². The molecule has 1 amide bonds. The van der Waals surface area contributed by atoms with E-state index in [1.54, 1.807) is 12.3 Å². The third kappa shape index (κ3) is 4.24. The first-order valence-electron chi connectivity index (χ1n) is 9.20. The smallest absolute Gasteiger partial charge is 0.226 e. The summed E-state index contributed by atoms with van der Waals surface area (Å²) in [4.78, 5) is 33.9. The first-order chi connectivity index (χ1) is 13.0. The van der Waals surface area contributed by atoms with Crippen LogP contribution in [0.4, 0.5) is 0 Å². The number of carbonyl (C=O) groups excluding carboxylic acids is 2. The van der Waals surface area contributed by atoms with Crippen LogP contribution in [0.5, 0.6) is 0 Å². The fourth-order valence-corrected chi connectivity index (χ4v) is 4.16. The maximum Gasteiger partial charge on any atom is 0.226 e. The molecule has 3 rings (SSSR count). The molecule has 0 saturated carbocycles. The number of likely N-dealkylation sites (N-methyl/N-ethyl adjacent to an activating group) is 1. The van der Waals surface area contributed by atoms with Gasteiger partial charge in [-0.05, 0) is 38.3 Å². The molecule has 2 aromatic rings. The third-order valence-electron chi connectivity index (χ3n) is 4.41. The van der Waals surface area contributed by atoms with Crippen LogP contribution in [0.25, 0.3) is 5.76 Å². The molecule has 142 valence electrons. The Morgan fingerprint density at radius 1 is 1.30 bits per heavy atom. The highest BCUT2D eigenvalue weighted by molar-refractivity contribution is 7.14. The lowest BCUT2D eigenvalue weighted by atomic mass is 9.93. The summed E-state index contributed by atoms with van der Waals surface area (Å²) in [5.74, 6) is -0.321. The largest absolute Gasteiger partial charge is 0.507 e. The van der Waals surface area contributed by atoms with E-state index in [2.05, 4.69) is 22.2 Å². The maximum atomic E-state index is 12.9. The summed E-state index contributed by atoms with van der Waals surface area (Å²) >= 11 is 1.24. The molecule has 0 saturated heterocycles. The number of nitrogens with zero attached hydrogens (tertiary/aromatic N) is 2. The first kappa shape index (κ1) is 19.2. The van der Waals surface area contributed by atoms with Crippen molar-refractivity contribution in [3.8, 4) is 0 Å². The number of aliphatic hydroxyl groups is 1. The summed E-state index contributed by atoms with van der Waals surface area (Å²) in [6.45, 7) is 4.51. The van der Waals surface area contributed by atoms with Gasteiger partial charge in [0.05, 0.1) is 17.0 Å². The fraction of sp³-hybridized carbons (Fsp3) is 0.400. The number of nitrogens with one attached hydrogen (secondary N) is 1. The summed E-state index contributed by atoms with van der Waals surface area (Å²) in [5.41, 5.74) is 2.63. The molecule has 0 spiro atoms. The topological polar surface area (TPSA) is 92.2 Å². The number of ketones is 1. The zero-order chi connectivity index (χ0) is 19.4. The van der Waals surface area contributed by atoms with Crippen molar-refractivity contribution in [2.75, 3.05) is 6.54 Å². The highest BCUT2D eigenvalue weighted by atomic mass is 32.1. The van der Waals surface area contributed by atoms with Crippen LogP contribution in [0.3, 0.4) is 0 Å². The number of rotatable bonds is 6. The number of thiazole rings is 1. The predicted molar refractivity (Wildman–Crippen MR) is 105 cm³/mol. The summed E-state index contributed by atoms with van der Waals surface area (Å²) in [5, 5.41) is 14.0. The number of hydrogen-bond acceptors (Lipinski definition) is 6. The van der Waals surface area contributed by atoms with Gasteiger partial charge in [0.1, 0.15) is 10.8 Å². The van der Waals surface area contributed by atoms with Gasteiger partial charge >= 0.3 is 0 Å². The molecule has 2 N–H and O–H groups in total. The first-order valence-corrected chi connectivity index (χ1v) is 10.0. The number of carbonyl (C=O) groups is 2. The van der Waals surface area contributed by atoms with Crippen molar-refractivity contribution in [3.63, 3.8) is 0 Å². The average molecular weight is 385 g/mol. The van der Waals surface area contributed by atoms with Gasteiger partial charge in [0.15, 0.2) is 0 Å². The van der Waals surface area contributed by atoms with Crippen LogP contribution in [0.15, 0.2) is 23.9 Å². The lowest BCUT2D eigenvalue weighted by Crippen LogP contribution is -2.24. The lowest BCUT2D eigenvalue weighted by molar-refractivity contribution is -0.120. The van der Waals surface area contributed by atoms with E-state index in [0.29, 0.717) is 40.4 Å². The molecule has 6 nitrogen and oxygen atoms in total. The van der Waals surface area contributed by atoms with Crippen molar-refractivity contribution >= 4 is 28.8 Å². The minimum absolute atomic E-state index is 0.0140. The minimum Gasteiger partial charge on any atom is -0.507 e. The Morgan fingerprint density at radius 3 is 2.78 bits per heavy atom. The van der Waals surface area contributed by atoms with E-state index >= 15 is 0 Å². The molecule has 27 heavy (non-hydrogen) atoms. The summed E-state index contributed by atoms with van der Waals surface area (Å²) in [6.07, 6.45) is 4.68. The van der Waals surface area contributed by atoms with Gasteiger partial charge < -0.3 is 10.4 Å². The van der Waals surface area contributed by atoms with Crippen molar-refractivity contribution in [1.82, 2.24) is 15.3 Å². The van der Waals surface area contributed by atoms with Crippen LogP contribution < -0.4 is 5.32 Å². The van der Waals surface area contributed by atoms with Gasteiger partial charge in [-0.3, -0.25) is 14.6 Å². The Kier molecular flexibility index (Phi) is 6.01. The number of aliphatic hydroxyl groups excluding tert-OH is 1. The SMILES string of the molecule is CCCc1ccc(/C(O)=C2\CCc3nc(CC(=O)NCC)sc3C2=O)cn1. The van der Waals surface area contributed by atoms with Crippen LogP contribution in [-0.4, -0.2) is 33.3 Å². The second-order valence-corrected chi connectivity index (χ2v) is 7.54. The zero-order valence-corrected chi connectivity index (χ0v) is 16.4. The quantitative estimate of drug-likeness (QED) is 0.588. The second-order valence-electron chi connectivity index (χ2n) is 6.46. The van der Waals surface area contributed by atoms with Gasteiger partial charge in [-0.1, -0.05) is 13.3 Å². The Labute approximate surface area is 162 Å². The summed E-state index contributed by atoms with van der Waals surface area (Å²) in [6, 6.07) is 3.68. The van der Waals surface area contributed by atoms with Gasteiger partial charge in [-0.25, -0.2) is 4.98 Å². The van der Waals surface area contributed by atoms with Crippen molar-refractivity contribution in [2.45, 2.75) is 46.0 Å². The van der Waals surface area contributed by atoms with E-state index in [-0.39, 0.29) is 23.9 Å². The predicted octanol–water partition coefficient (Wildman–Crippen LogP) is 3.27. The molecule has 7 heteroatoms. The standard InChI is InChI=1S/C20H23N3O3S/c1-3-5-13-7-6-12(11-22-13)18(25)14-8-9-15-20(19(14)26)27-17(23-15)10-16(24)21-4-2/h6-7,11,25H,3-5,8-10H2,1-2H3,(H,21,24)/b18-14-. The van der Waals surface area contributed by atoms with Crippen LogP contribution >= 0.6 is 11.3 Å². The van der Waals surface area contributed by atoms with Gasteiger partial charge in [0.25, 0.3) is 0 Å². The van der Waals surface area contributed by atoms with Gasteiger partial charge in [0.2, 0.25) is 11.7 Å². The number of pyridine rings is 1. The molecule has 1 aliphatic carbocycles. The summed E-state index contributed by atoms with van der Waals surface area (Å²) < 4.78 is 0. The fourth-order valence-electron chi connectivity index (χ4n) is 3.08. The Bertz CT molecular complexity index is 884. The summed E-state index contributed by atoms with van der Waals surface area (Å²) in [7, 11) is 0. The molecule has 0 bridgehead atoms. The molecule has 0 atom stereocenters. The Hall–Kier alpha value is -2.54. The zero-order valence-electron chi connectivity index (χ0n) is 15.5. The van der Waals surface area contributed by atoms with Crippen molar-refractivity contribution in [2.24, 2.45) is 0 Å². The molecular formula is C20H23N3O3S. The average Bonchev–Trinajstić information content (AvgIpc) is 3.06. The number of aromatic nitrogens is 2. The van der Waals surface area contributed by atoms with E-state index in [1.807, 2.05) is 13.0 Å².